The molecular weight excluding hydrogens is 248 g/mol. The predicted octanol–water partition coefficient (Wildman–Crippen LogP) is 2.26. The second kappa shape index (κ2) is 6.08. The van der Waals surface area contributed by atoms with Gasteiger partial charge < -0.3 is 4.84 Å². The third kappa shape index (κ3) is 4.87. The number of benzene rings is 1. The van der Waals surface area contributed by atoms with Crippen molar-refractivity contribution in [2.24, 2.45) is 10.6 Å². The first-order chi connectivity index (χ1) is 8.80. The molecule has 6 nitrogen and oxygen atoms in total. The van der Waals surface area contributed by atoms with Crippen LogP contribution in [0.2, 0.25) is 0 Å². The van der Waals surface area contributed by atoms with Crippen LogP contribution in [0.15, 0.2) is 35.5 Å². The Labute approximate surface area is 111 Å². The van der Waals surface area contributed by atoms with E-state index in [0.29, 0.717) is 5.56 Å². The Morgan fingerprint density at radius 2 is 1.89 bits per heavy atom. The van der Waals surface area contributed by atoms with Gasteiger partial charge in [0.25, 0.3) is 0 Å². The topological polar surface area (TPSA) is 81.8 Å². The average molecular weight is 264 g/mol. The molecule has 0 unspecified atom stereocenters. The van der Waals surface area contributed by atoms with E-state index in [1.54, 1.807) is 51.1 Å². The Balaban J connectivity index is 2.92. The summed E-state index contributed by atoms with van der Waals surface area (Å²) in [5.41, 5.74) is -0.0379. The molecule has 1 aromatic rings. The first-order valence-electron chi connectivity index (χ1n) is 5.76. The molecule has 0 aliphatic carbocycles. The summed E-state index contributed by atoms with van der Waals surface area (Å²) in [6.07, 6.45) is 0. The summed E-state index contributed by atoms with van der Waals surface area (Å²) in [6, 6.07) is 8.60. The minimum atomic E-state index is -0.708. The Kier molecular flexibility index (Phi) is 4.74. The Morgan fingerprint density at radius 1 is 1.32 bits per heavy atom. The van der Waals surface area contributed by atoms with Crippen molar-refractivity contribution in [2.75, 3.05) is 6.54 Å². The summed E-state index contributed by atoms with van der Waals surface area (Å²) in [5, 5.41) is 14.2. The molecule has 0 aliphatic heterocycles. The van der Waals surface area contributed by atoms with E-state index in [0.717, 1.165) is 0 Å². The van der Waals surface area contributed by atoms with Crippen LogP contribution in [0, 0.1) is 15.5 Å². The van der Waals surface area contributed by atoms with Gasteiger partial charge in [0.2, 0.25) is 6.54 Å². The molecule has 0 aromatic heterocycles. The molecule has 1 rings (SSSR count). The molecule has 0 radical (unpaired) electrons. The highest BCUT2D eigenvalue weighted by Gasteiger charge is 2.24. The number of oxime groups is 1. The fraction of sp³-hybridized carbons (Fsp3) is 0.385. The van der Waals surface area contributed by atoms with E-state index in [4.69, 9.17) is 4.84 Å². The van der Waals surface area contributed by atoms with E-state index in [1.807, 2.05) is 0 Å². The summed E-state index contributed by atoms with van der Waals surface area (Å²) < 4.78 is 0. The maximum atomic E-state index is 11.6. The fourth-order valence-electron chi connectivity index (χ4n) is 1.16. The van der Waals surface area contributed by atoms with Crippen molar-refractivity contribution in [3.05, 3.63) is 46.0 Å². The van der Waals surface area contributed by atoms with Crippen molar-refractivity contribution in [3.8, 4) is 0 Å². The Morgan fingerprint density at radius 3 is 2.37 bits per heavy atom. The average Bonchev–Trinajstić information content (AvgIpc) is 2.33. The standard InChI is InChI=1S/C13H16N2O4/c1-13(2,3)12(16)19-14-11(9-15(17)18)10-7-5-4-6-8-10/h4-8H,9H2,1-3H3/b14-11+. The number of carbonyl (C=O) groups excluding carboxylic acids is 1. The monoisotopic (exact) mass is 264 g/mol. The van der Waals surface area contributed by atoms with Crippen molar-refractivity contribution in [3.63, 3.8) is 0 Å². The Hall–Kier alpha value is -2.24. The van der Waals surface area contributed by atoms with E-state index in [1.165, 1.54) is 0 Å². The van der Waals surface area contributed by atoms with Crippen LogP contribution in [0.5, 0.6) is 0 Å². The molecule has 0 saturated heterocycles. The van der Waals surface area contributed by atoms with Gasteiger partial charge in [0.15, 0.2) is 5.71 Å². The van der Waals surface area contributed by atoms with Crippen LogP contribution < -0.4 is 0 Å². The lowest BCUT2D eigenvalue weighted by atomic mass is 9.98. The molecule has 0 N–H and O–H groups in total. The van der Waals surface area contributed by atoms with E-state index in [9.17, 15) is 14.9 Å². The van der Waals surface area contributed by atoms with Gasteiger partial charge in [-0.05, 0) is 20.8 Å². The van der Waals surface area contributed by atoms with Crippen LogP contribution in [-0.2, 0) is 9.63 Å². The van der Waals surface area contributed by atoms with Gasteiger partial charge >= 0.3 is 5.97 Å². The summed E-state index contributed by atoms with van der Waals surface area (Å²) in [4.78, 5) is 26.4. The van der Waals surface area contributed by atoms with E-state index in [2.05, 4.69) is 5.16 Å². The van der Waals surface area contributed by atoms with Gasteiger partial charge in [0.1, 0.15) is 0 Å². The summed E-state index contributed by atoms with van der Waals surface area (Å²) in [5.74, 6) is -0.538. The third-order valence-corrected chi connectivity index (χ3v) is 2.24. The molecule has 19 heavy (non-hydrogen) atoms. The molecule has 0 bridgehead atoms. The van der Waals surface area contributed by atoms with Crippen LogP contribution in [0.25, 0.3) is 0 Å². The normalized spacial score (nSPS) is 12.1. The lowest BCUT2D eigenvalue weighted by Gasteiger charge is -2.13. The van der Waals surface area contributed by atoms with Gasteiger partial charge in [0.05, 0.1) is 5.41 Å². The highest BCUT2D eigenvalue weighted by atomic mass is 16.7. The van der Waals surface area contributed by atoms with Crippen LogP contribution in [0.4, 0.5) is 0 Å². The molecule has 102 valence electrons. The van der Waals surface area contributed by atoms with Gasteiger partial charge in [-0.3, -0.25) is 10.1 Å². The maximum Gasteiger partial charge on any atom is 0.340 e. The number of carbonyl (C=O) groups is 1. The quantitative estimate of drug-likeness (QED) is 0.361. The molecule has 0 aliphatic rings. The number of nitro groups is 1. The van der Waals surface area contributed by atoms with E-state index >= 15 is 0 Å². The summed E-state index contributed by atoms with van der Waals surface area (Å²) in [7, 11) is 0. The maximum absolute atomic E-state index is 11.6. The van der Waals surface area contributed by atoms with Crippen molar-refractivity contribution in [2.45, 2.75) is 20.8 Å². The molecule has 0 atom stereocenters. The molecule has 0 spiro atoms. The Bertz CT molecular complexity index is 489. The summed E-state index contributed by atoms with van der Waals surface area (Å²) in [6.45, 7) is 4.54. The molecule has 0 fully saturated rings. The predicted molar refractivity (Wildman–Crippen MR) is 70.4 cm³/mol. The van der Waals surface area contributed by atoms with Gasteiger partial charge in [-0.1, -0.05) is 35.5 Å². The zero-order valence-electron chi connectivity index (χ0n) is 11.1. The van der Waals surface area contributed by atoms with Crippen molar-refractivity contribution in [1.82, 2.24) is 0 Å². The van der Waals surface area contributed by atoms with Crippen molar-refractivity contribution >= 4 is 11.7 Å². The molecule has 1 aromatic carbocycles. The van der Waals surface area contributed by atoms with Gasteiger partial charge in [0, 0.05) is 10.5 Å². The lowest BCUT2D eigenvalue weighted by Crippen LogP contribution is -2.23. The van der Waals surface area contributed by atoms with Crippen molar-refractivity contribution in [1.29, 1.82) is 0 Å². The lowest BCUT2D eigenvalue weighted by molar-refractivity contribution is -0.463. The fourth-order valence-corrected chi connectivity index (χ4v) is 1.16. The number of rotatable bonds is 4. The first-order valence-corrected chi connectivity index (χ1v) is 5.76. The van der Waals surface area contributed by atoms with Crippen LogP contribution in [0.3, 0.4) is 0 Å². The van der Waals surface area contributed by atoms with Crippen molar-refractivity contribution < 1.29 is 14.6 Å². The van der Waals surface area contributed by atoms with Crippen LogP contribution in [-0.4, -0.2) is 23.1 Å². The highest BCUT2D eigenvalue weighted by molar-refractivity contribution is 6.01. The largest absolute Gasteiger partial charge is 0.340 e. The molecular formula is C13H16N2O4. The van der Waals surface area contributed by atoms with Gasteiger partial charge in [-0.2, -0.15) is 0 Å². The molecule has 0 amide bonds. The number of hydrogen-bond donors (Lipinski definition) is 0. The molecule has 0 saturated carbocycles. The van der Waals surface area contributed by atoms with Gasteiger partial charge in [-0.15, -0.1) is 0 Å². The minimum Gasteiger partial charge on any atom is -0.317 e. The minimum absolute atomic E-state index is 0.114. The number of hydrogen-bond acceptors (Lipinski definition) is 5. The smallest absolute Gasteiger partial charge is 0.317 e. The van der Waals surface area contributed by atoms with Crippen LogP contribution >= 0.6 is 0 Å². The summed E-state index contributed by atoms with van der Waals surface area (Å²) >= 11 is 0. The molecule has 6 heteroatoms. The first kappa shape index (κ1) is 14.8. The van der Waals surface area contributed by atoms with Gasteiger partial charge in [-0.25, -0.2) is 4.79 Å². The third-order valence-electron chi connectivity index (χ3n) is 2.24. The zero-order chi connectivity index (χ0) is 14.5. The van der Waals surface area contributed by atoms with E-state index in [-0.39, 0.29) is 5.71 Å². The zero-order valence-corrected chi connectivity index (χ0v) is 11.1. The second-order valence-electron chi connectivity index (χ2n) is 5.02. The molecule has 0 heterocycles. The second-order valence-corrected chi connectivity index (χ2v) is 5.02. The van der Waals surface area contributed by atoms with E-state index < -0.39 is 22.9 Å². The number of nitrogens with zero attached hydrogens (tertiary/aromatic N) is 2. The highest BCUT2D eigenvalue weighted by Crippen LogP contribution is 2.15. The SMILES string of the molecule is CC(C)(C)C(=O)O/N=C(\C[N+](=O)[O-])c1ccccc1. The van der Waals surface area contributed by atoms with Crippen LogP contribution in [0.1, 0.15) is 26.3 Å².